The molecular weight excluding hydrogens is 344 g/mol. The molecule has 0 bridgehead atoms. The van der Waals surface area contributed by atoms with Crippen molar-refractivity contribution in [2.45, 2.75) is 67.8 Å². The molecule has 10 atom stereocenters. The standard InChI is InChI=1S/C14H26O11/c1-14(12(21)10(19)7(16)5(3-15)25-14)23-4-6-8(17)9(18)11(20)13(22-2)24-6/h5-13,15-21H,3-4H2,1-2H3/t5-,6-,7+,8-,9+,10+,11-,12-,13+,14+/m1/s1. The predicted octanol–water partition coefficient (Wildman–Crippen LogP) is -4.35. The summed E-state index contributed by atoms with van der Waals surface area (Å²) in [5.74, 6) is -1.82. The molecule has 2 aliphatic rings. The minimum Gasteiger partial charge on any atom is -0.394 e. The molecule has 2 aliphatic heterocycles. The Kier molecular flexibility index (Phi) is 6.73. The van der Waals surface area contributed by atoms with Gasteiger partial charge in [0.1, 0.15) is 48.8 Å². The molecule has 7 N–H and O–H groups in total. The Balaban J connectivity index is 2.05. The smallest absolute Gasteiger partial charge is 0.194 e. The molecule has 0 aromatic rings. The average molecular weight is 370 g/mol. The summed E-state index contributed by atoms with van der Waals surface area (Å²) in [5.41, 5.74) is 0. The van der Waals surface area contributed by atoms with E-state index < -0.39 is 74.1 Å². The molecule has 0 aromatic carbocycles. The molecule has 2 rings (SSSR count). The first-order chi connectivity index (χ1) is 11.7. The molecule has 148 valence electrons. The number of aliphatic hydroxyl groups is 7. The van der Waals surface area contributed by atoms with Gasteiger partial charge in [0.2, 0.25) is 0 Å². The van der Waals surface area contributed by atoms with Crippen molar-refractivity contribution in [3.05, 3.63) is 0 Å². The summed E-state index contributed by atoms with van der Waals surface area (Å²) in [5, 5.41) is 68.5. The third kappa shape index (κ3) is 3.96. The second-order valence-electron chi connectivity index (χ2n) is 6.34. The monoisotopic (exact) mass is 370 g/mol. The summed E-state index contributed by atoms with van der Waals surface area (Å²) in [6.07, 6.45) is -12.8. The van der Waals surface area contributed by atoms with Crippen molar-refractivity contribution < 1.29 is 54.7 Å². The SMILES string of the molecule is CO[C@H]1O[C@H](CO[C@@]2(C)O[C@H](CO)[C@H](O)[C@H](O)[C@H]2O)[C@@H](O)[C@H](O)[C@H]1O. The Hall–Kier alpha value is -0.440. The highest BCUT2D eigenvalue weighted by Gasteiger charge is 2.53. The molecule has 0 amide bonds. The Morgan fingerprint density at radius 1 is 0.880 bits per heavy atom. The third-order valence-electron chi connectivity index (χ3n) is 4.59. The van der Waals surface area contributed by atoms with Crippen molar-refractivity contribution in [2.75, 3.05) is 20.3 Å². The molecule has 2 heterocycles. The van der Waals surface area contributed by atoms with E-state index in [2.05, 4.69) is 0 Å². The Bertz CT molecular complexity index is 433. The van der Waals surface area contributed by atoms with Gasteiger partial charge in [-0.15, -0.1) is 0 Å². The molecule has 25 heavy (non-hydrogen) atoms. The van der Waals surface area contributed by atoms with Crippen LogP contribution in [0.1, 0.15) is 6.92 Å². The number of hydrogen-bond acceptors (Lipinski definition) is 11. The van der Waals surface area contributed by atoms with Gasteiger partial charge in [0.15, 0.2) is 12.1 Å². The molecule has 0 saturated carbocycles. The minimum atomic E-state index is -1.82. The molecule has 2 saturated heterocycles. The zero-order valence-electron chi connectivity index (χ0n) is 13.9. The molecule has 2 fully saturated rings. The molecule has 0 spiro atoms. The first-order valence-electron chi connectivity index (χ1n) is 7.85. The van der Waals surface area contributed by atoms with Crippen molar-refractivity contribution in [3.63, 3.8) is 0 Å². The fourth-order valence-electron chi connectivity index (χ4n) is 2.92. The molecule has 0 unspecified atom stereocenters. The summed E-state index contributed by atoms with van der Waals surface area (Å²) < 4.78 is 20.9. The van der Waals surface area contributed by atoms with Gasteiger partial charge in [-0.1, -0.05) is 0 Å². The molecule has 0 aromatic heterocycles. The molecule has 0 aliphatic carbocycles. The lowest BCUT2D eigenvalue weighted by molar-refractivity contribution is -0.370. The topological polar surface area (TPSA) is 179 Å². The van der Waals surface area contributed by atoms with Crippen LogP contribution < -0.4 is 0 Å². The van der Waals surface area contributed by atoms with Crippen LogP contribution in [0.4, 0.5) is 0 Å². The van der Waals surface area contributed by atoms with Crippen LogP contribution in [0.2, 0.25) is 0 Å². The van der Waals surface area contributed by atoms with Crippen LogP contribution >= 0.6 is 0 Å². The Morgan fingerprint density at radius 3 is 2.04 bits per heavy atom. The number of ether oxygens (including phenoxy) is 4. The maximum absolute atomic E-state index is 10.1. The van der Waals surface area contributed by atoms with Crippen molar-refractivity contribution in [2.24, 2.45) is 0 Å². The highest BCUT2D eigenvalue weighted by Crippen LogP contribution is 2.32. The highest BCUT2D eigenvalue weighted by atomic mass is 16.7. The van der Waals surface area contributed by atoms with Gasteiger partial charge in [-0.3, -0.25) is 0 Å². The lowest BCUT2D eigenvalue weighted by Crippen LogP contribution is -2.66. The van der Waals surface area contributed by atoms with Gasteiger partial charge in [-0.2, -0.15) is 0 Å². The van der Waals surface area contributed by atoms with E-state index in [1.807, 2.05) is 0 Å². The highest BCUT2D eigenvalue weighted by molar-refractivity contribution is 4.96. The fourth-order valence-corrected chi connectivity index (χ4v) is 2.92. The number of methoxy groups -OCH3 is 1. The lowest BCUT2D eigenvalue weighted by atomic mass is 9.93. The van der Waals surface area contributed by atoms with Crippen molar-refractivity contribution >= 4 is 0 Å². The van der Waals surface area contributed by atoms with E-state index in [1.165, 1.54) is 14.0 Å². The fraction of sp³-hybridized carbons (Fsp3) is 1.00. The van der Waals surface area contributed by atoms with Crippen LogP contribution in [0.25, 0.3) is 0 Å². The first-order valence-corrected chi connectivity index (χ1v) is 7.85. The van der Waals surface area contributed by atoms with Crippen LogP contribution in [0.5, 0.6) is 0 Å². The van der Waals surface area contributed by atoms with Crippen molar-refractivity contribution in [1.82, 2.24) is 0 Å². The molecule has 11 nitrogen and oxygen atoms in total. The van der Waals surface area contributed by atoms with Crippen molar-refractivity contribution in [1.29, 1.82) is 0 Å². The van der Waals surface area contributed by atoms with E-state index >= 15 is 0 Å². The summed E-state index contributed by atoms with van der Waals surface area (Å²) in [6, 6.07) is 0. The number of hydrogen-bond donors (Lipinski definition) is 7. The van der Waals surface area contributed by atoms with E-state index in [4.69, 9.17) is 18.9 Å². The number of aliphatic hydroxyl groups excluding tert-OH is 7. The van der Waals surface area contributed by atoms with Gasteiger partial charge in [-0.25, -0.2) is 0 Å². The van der Waals surface area contributed by atoms with Crippen LogP contribution in [0.15, 0.2) is 0 Å². The lowest BCUT2D eigenvalue weighted by Gasteiger charge is -2.47. The van der Waals surface area contributed by atoms with E-state index in [1.54, 1.807) is 0 Å². The quantitative estimate of drug-likeness (QED) is 0.249. The van der Waals surface area contributed by atoms with Gasteiger partial charge in [-0.05, 0) is 6.92 Å². The second-order valence-corrected chi connectivity index (χ2v) is 6.34. The Labute approximate surface area is 143 Å². The molecular formula is C14H26O11. The number of rotatable bonds is 5. The third-order valence-corrected chi connectivity index (χ3v) is 4.59. The molecule has 11 heteroatoms. The maximum atomic E-state index is 10.1. The summed E-state index contributed by atoms with van der Waals surface area (Å²) >= 11 is 0. The van der Waals surface area contributed by atoms with Crippen LogP contribution in [0.3, 0.4) is 0 Å². The zero-order valence-corrected chi connectivity index (χ0v) is 13.9. The zero-order chi connectivity index (χ0) is 18.9. The van der Waals surface area contributed by atoms with Gasteiger partial charge in [0.05, 0.1) is 13.2 Å². The normalized spacial score (nSPS) is 51.5. The average Bonchev–Trinajstić information content (AvgIpc) is 2.60. The van der Waals surface area contributed by atoms with Gasteiger partial charge in [0.25, 0.3) is 0 Å². The van der Waals surface area contributed by atoms with Gasteiger partial charge in [0, 0.05) is 7.11 Å². The first kappa shape index (κ1) is 20.9. The van der Waals surface area contributed by atoms with Gasteiger partial charge >= 0.3 is 0 Å². The van der Waals surface area contributed by atoms with E-state index in [-0.39, 0.29) is 0 Å². The maximum Gasteiger partial charge on any atom is 0.194 e. The summed E-state index contributed by atoms with van der Waals surface area (Å²) in [7, 11) is 1.25. The largest absolute Gasteiger partial charge is 0.394 e. The molecule has 0 radical (unpaired) electrons. The van der Waals surface area contributed by atoms with Gasteiger partial charge < -0.3 is 54.7 Å². The summed E-state index contributed by atoms with van der Waals surface area (Å²) in [4.78, 5) is 0. The Morgan fingerprint density at radius 2 is 1.48 bits per heavy atom. The second kappa shape index (κ2) is 8.06. The predicted molar refractivity (Wildman–Crippen MR) is 78.0 cm³/mol. The van der Waals surface area contributed by atoms with Crippen LogP contribution in [0, 0.1) is 0 Å². The van der Waals surface area contributed by atoms with Crippen molar-refractivity contribution in [3.8, 4) is 0 Å². The minimum absolute atomic E-state index is 0.403. The van der Waals surface area contributed by atoms with Crippen LogP contribution in [-0.2, 0) is 18.9 Å². The van der Waals surface area contributed by atoms with E-state index in [9.17, 15) is 35.7 Å². The van der Waals surface area contributed by atoms with Crippen LogP contribution in [-0.4, -0.2) is 117 Å². The van der Waals surface area contributed by atoms with E-state index in [0.29, 0.717) is 0 Å². The summed E-state index contributed by atoms with van der Waals surface area (Å²) in [6.45, 7) is 0.256. The van der Waals surface area contributed by atoms with E-state index in [0.717, 1.165) is 0 Å².